The van der Waals surface area contributed by atoms with Crippen LogP contribution >= 0.6 is 0 Å². The fourth-order valence-corrected chi connectivity index (χ4v) is 3.32. The summed E-state index contributed by atoms with van der Waals surface area (Å²) < 4.78 is 12.9. The number of nitrogens with one attached hydrogen (secondary N) is 2. The van der Waals surface area contributed by atoms with E-state index in [1.54, 1.807) is 11.9 Å². The molecule has 1 saturated carbocycles. The minimum Gasteiger partial charge on any atom is -0.352 e. The van der Waals surface area contributed by atoms with Gasteiger partial charge in [0.05, 0.1) is 13.1 Å². The maximum atomic E-state index is 12.9. The molecule has 138 valence electrons. The summed E-state index contributed by atoms with van der Waals surface area (Å²) in [6.07, 6.45) is 3.38. The summed E-state index contributed by atoms with van der Waals surface area (Å²) in [5.74, 6) is 0.464. The average Bonchev–Trinajstić information content (AvgIpc) is 2.53. The van der Waals surface area contributed by atoms with Gasteiger partial charge in [0.2, 0.25) is 11.8 Å². The zero-order valence-electron chi connectivity index (χ0n) is 15.2. The highest BCUT2D eigenvalue weighted by atomic mass is 19.1. The third-order valence-corrected chi connectivity index (χ3v) is 5.01. The molecular formula is C19H28FN3O2. The molecule has 25 heavy (non-hydrogen) atoms. The van der Waals surface area contributed by atoms with E-state index in [2.05, 4.69) is 24.5 Å². The Morgan fingerprint density at radius 2 is 1.76 bits per heavy atom. The van der Waals surface area contributed by atoms with E-state index in [1.807, 2.05) is 0 Å². The molecule has 1 aliphatic rings. The number of hydrogen-bond acceptors (Lipinski definition) is 3. The molecule has 6 heteroatoms. The summed E-state index contributed by atoms with van der Waals surface area (Å²) in [5.41, 5.74) is 0.536. The Labute approximate surface area is 149 Å². The summed E-state index contributed by atoms with van der Waals surface area (Å²) in [6, 6.07) is 5.81. The second-order valence-electron chi connectivity index (χ2n) is 7.17. The van der Waals surface area contributed by atoms with E-state index >= 15 is 0 Å². The average molecular weight is 349 g/mol. The Kier molecular flexibility index (Phi) is 6.93. The Morgan fingerprint density at radius 1 is 1.12 bits per heavy atom. The molecule has 0 aromatic heterocycles. The van der Waals surface area contributed by atoms with E-state index in [4.69, 9.17) is 0 Å². The van der Waals surface area contributed by atoms with Crippen LogP contribution in [0.1, 0.15) is 33.1 Å². The molecule has 0 saturated heterocycles. The first-order chi connectivity index (χ1) is 11.8. The van der Waals surface area contributed by atoms with Gasteiger partial charge in [-0.25, -0.2) is 4.39 Å². The van der Waals surface area contributed by atoms with Crippen LogP contribution in [0, 0.1) is 17.7 Å². The van der Waals surface area contributed by atoms with Crippen molar-refractivity contribution in [2.45, 2.75) is 39.2 Å². The van der Waals surface area contributed by atoms with Crippen molar-refractivity contribution in [2.24, 2.45) is 11.8 Å². The van der Waals surface area contributed by atoms with Gasteiger partial charge in [0.1, 0.15) is 5.82 Å². The fraction of sp³-hybridized carbons (Fsp3) is 0.579. The van der Waals surface area contributed by atoms with Gasteiger partial charge in [-0.2, -0.15) is 0 Å². The molecule has 5 nitrogen and oxygen atoms in total. The predicted octanol–water partition coefficient (Wildman–Crippen LogP) is 2.64. The number of nitrogens with zero attached hydrogens (tertiary/aromatic N) is 1. The van der Waals surface area contributed by atoms with E-state index < -0.39 is 0 Å². The summed E-state index contributed by atoms with van der Waals surface area (Å²) >= 11 is 0. The van der Waals surface area contributed by atoms with Gasteiger partial charge in [0, 0.05) is 11.7 Å². The molecule has 1 fully saturated rings. The van der Waals surface area contributed by atoms with Gasteiger partial charge < -0.3 is 10.6 Å². The first-order valence-corrected chi connectivity index (χ1v) is 8.88. The van der Waals surface area contributed by atoms with Gasteiger partial charge in [0.25, 0.3) is 0 Å². The lowest BCUT2D eigenvalue weighted by Crippen LogP contribution is -2.47. The quantitative estimate of drug-likeness (QED) is 0.830. The van der Waals surface area contributed by atoms with Gasteiger partial charge in [-0.1, -0.05) is 26.7 Å². The Hall–Kier alpha value is -1.95. The third-order valence-electron chi connectivity index (χ3n) is 5.01. The highest BCUT2D eigenvalue weighted by Crippen LogP contribution is 2.29. The number of carbonyl (C=O) groups is 2. The largest absolute Gasteiger partial charge is 0.352 e. The van der Waals surface area contributed by atoms with Crippen molar-refractivity contribution in [3.05, 3.63) is 30.1 Å². The van der Waals surface area contributed by atoms with E-state index in [1.165, 1.54) is 30.7 Å². The van der Waals surface area contributed by atoms with E-state index in [9.17, 15) is 14.0 Å². The molecule has 1 aromatic rings. The molecule has 2 rings (SSSR count). The molecule has 0 heterocycles. The lowest BCUT2D eigenvalue weighted by Gasteiger charge is -2.34. The summed E-state index contributed by atoms with van der Waals surface area (Å²) in [7, 11) is 1.73. The number of rotatable bonds is 6. The van der Waals surface area contributed by atoms with Crippen molar-refractivity contribution in [2.75, 3.05) is 25.5 Å². The second kappa shape index (κ2) is 8.94. The van der Waals surface area contributed by atoms with Crippen LogP contribution in [-0.4, -0.2) is 42.9 Å². The minimum absolute atomic E-state index is 0.0527. The van der Waals surface area contributed by atoms with Gasteiger partial charge in [-0.15, -0.1) is 0 Å². The van der Waals surface area contributed by atoms with Crippen molar-refractivity contribution in [3.63, 3.8) is 0 Å². The molecule has 3 atom stereocenters. The Morgan fingerprint density at radius 3 is 2.44 bits per heavy atom. The topological polar surface area (TPSA) is 61.4 Å². The molecule has 0 aliphatic heterocycles. The molecule has 0 radical (unpaired) electrons. The predicted molar refractivity (Wildman–Crippen MR) is 96.6 cm³/mol. The first-order valence-electron chi connectivity index (χ1n) is 8.88. The van der Waals surface area contributed by atoms with Gasteiger partial charge in [-0.05, 0) is 49.6 Å². The Bertz CT molecular complexity index is 591. The molecule has 2 N–H and O–H groups in total. The number of likely N-dealkylation sites (N-methyl/N-ethyl adjacent to an activating group) is 1. The molecule has 1 aliphatic carbocycles. The van der Waals surface area contributed by atoms with Crippen molar-refractivity contribution in [3.8, 4) is 0 Å². The van der Waals surface area contributed by atoms with Crippen LogP contribution in [0.4, 0.5) is 10.1 Å². The second-order valence-corrected chi connectivity index (χ2v) is 7.17. The maximum absolute atomic E-state index is 12.9. The lowest BCUT2D eigenvalue weighted by atomic mass is 9.78. The smallest absolute Gasteiger partial charge is 0.238 e. The monoisotopic (exact) mass is 349 g/mol. The number of hydrogen-bond donors (Lipinski definition) is 2. The molecule has 0 bridgehead atoms. The van der Waals surface area contributed by atoms with Crippen LogP contribution in [0.2, 0.25) is 0 Å². The molecule has 0 spiro atoms. The van der Waals surface area contributed by atoms with Crippen molar-refractivity contribution in [1.82, 2.24) is 10.2 Å². The number of amides is 2. The Balaban J connectivity index is 1.75. The molecule has 2 amide bonds. The normalized spacial score (nSPS) is 23.3. The molecule has 1 aromatic carbocycles. The molecular weight excluding hydrogens is 321 g/mol. The lowest BCUT2D eigenvalue weighted by molar-refractivity contribution is -0.124. The highest BCUT2D eigenvalue weighted by Gasteiger charge is 2.28. The van der Waals surface area contributed by atoms with E-state index in [-0.39, 0.29) is 36.8 Å². The van der Waals surface area contributed by atoms with Crippen LogP contribution in [-0.2, 0) is 9.59 Å². The standard InChI is InChI=1S/C19H28FN3O2/c1-13-5-4-6-17(14(13)2)22-19(25)12-23(3)11-18(24)21-16-9-7-15(20)8-10-16/h7-10,13-14,17H,4-6,11-12H2,1-3H3,(H,21,24)(H,22,25)/t13-,14-,17+/m1/s1. The van der Waals surface area contributed by atoms with Crippen molar-refractivity contribution >= 4 is 17.5 Å². The number of halogens is 1. The summed E-state index contributed by atoms with van der Waals surface area (Å²) in [4.78, 5) is 25.9. The van der Waals surface area contributed by atoms with Crippen LogP contribution < -0.4 is 10.6 Å². The van der Waals surface area contributed by atoms with Crippen LogP contribution in [0.25, 0.3) is 0 Å². The molecule has 0 unspecified atom stereocenters. The van der Waals surface area contributed by atoms with E-state index in [0.717, 1.165) is 12.8 Å². The summed E-state index contributed by atoms with van der Waals surface area (Å²) in [5, 5.41) is 5.79. The minimum atomic E-state index is -0.349. The third kappa shape index (κ3) is 6.12. The van der Waals surface area contributed by atoms with Crippen molar-refractivity contribution < 1.29 is 14.0 Å². The van der Waals surface area contributed by atoms with E-state index in [0.29, 0.717) is 17.5 Å². The summed E-state index contributed by atoms with van der Waals surface area (Å²) in [6.45, 7) is 4.69. The van der Waals surface area contributed by atoms with Crippen LogP contribution in [0.3, 0.4) is 0 Å². The SMILES string of the molecule is C[C@@H]1[C@H](C)CCC[C@@H]1NC(=O)CN(C)CC(=O)Nc1ccc(F)cc1. The van der Waals surface area contributed by atoms with Crippen molar-refractivity contribution in [1.29, 1.82) is 0 Å². The van der Waals surface area contributed by atoms with Crippen LogP contribution in [0.15, 0.2) is 24.3 Å². The van der Waals surface area contributed by atoms with Gasteiger partial charge >= 0.3 is 0 Å². The first kappa shape index (κ1) is 19.4. The fourth-order valence-electron chi connectivity index (χ4n) is 3.32. The number of carbonyl (C=O) groups excluding carboxylic acids is 2. The van der Waals surface area contributed by atoms with Gasteiger partial charge in [0.15, 0.2) is 0 Å². The highest BCUT2D eigenvalue weighted by molar-refractivity contribution is 5.92. The number of anilines is 1. The maximum Gasteiger partial charge on any atom is 0.238 e. The zero-order chi connectivity index (χ0) is 18.4. The van der Waals surface area contributed by atoms with Gasteiger partial charge in [-0.3, -0.25) is 14.5 Å². The zero-order valence-corrected chi connectivity index (χ0v) is 15.2. The number of benzene rings is 1. The van der Waals surface area contributed by atoms with Crippen LogP contribution in [0.5, 0.6) is 0 Å².